The minimum absolute atomic E-state index is 0.236. The van der Waals surface area contributed by atoms with Gasteiger partial charge in [-0.3, -0.25) is 9.78 Å². The van der Waals surface area contributed by atoms with E-state index in [-0.39, 0.29) is 12.4 Å². The van der Waals surface area contributed by atoms with Gasteiger partial charge in [0.25, 0.3) is 0 Å². The van der Waals surface area contributed by atoms with Gasteiger partial charge < -0.3 is 9.47 Å². The van der Waals surface area contributed by atoms with Crippen LogP contribution in [0.15, 0.2) is 67.0 Å². The quantitative estimate of drug-likeness (QED) is 0.621. The van der Waals surface area contributed by atoms with Crippen LogP contribution in [0.5, 0.6) is 5.75 Å². The number of esters is 1. The van der Waals surface area contributed by atoms with Gasteiger partial charge in [-0.05, 0) is 34.5 Å². The minimum Gasteiger partial charge on any atom is -0.493 e. The summed E-state index contributed by atoms with van der Waals surface area (Å²) in [6.45, 7) is 0.671. The van der Waals surface area contributed by atoms with Gasteiger partial charge in [0.2, 0.25) is 0 Å². The lowest BCUT2D eigenvalue weighted by Crippen LogP contribution is -2.11. The molecule has 0 aliphatic heterocycles. The van der Waals surface area contributed by atoms with Gasteiger partial charge >= 0.3 is 5.97 Å². The zero-order valence-corrected chi connectivity index (χ0v) is 13.4. The van der Waals surface area contributed by atoms with Crippen molar-refractivity contribution in [2.75, 3.05) is 13.2 Å². The third-order valence-corrected chi connectivity index (χ3v) is 3.67. The van der Waals surface area contributed by atoms with Crippen LogP contribution in [-0.4, -0.2) is 24.2 Å². The molecule has 24 heavy (non-hydrogen) atoms. The standard InChI is InChI=1S/C20H19NO3/c22-20(24-12-9-16-4-3-11-21-15-16)10-13-23-19-8-7-17-5-1-2-6-18(17)14-19/h1-8,11,14-15H,9-10,12-13H2. The predicted octanol–water partition coefficient (Wildman–Crippen LogP) is 3.79. The molecule has 3 rings (SSSR count). The lowest BCUT2D eigenvalue weighted by molar-refractivity contribution is -0.144. The van der Waals surface area contributed by atoms with Crippen LogP contribution in [-0.2, 0) is 16.0 Å². The number of benzene rings is 2. The van der Waals surface area contributed by atoms with Crippen LogP contribution in [0.25, 0.3) is 10.8 Å². The van der Waals surface area contributed by atoms with Crippen molar-refractivity contribution in [3.05, 3.63) is 72.6 Å². The Hall–Kier alpha value is -2.88. The molecule has 0 amide bonds. The van der Waals surface area contributed by atoms with Gasteiger partial charge in [-0.2, -0.15) is 0 Å². The van der Waals surface area contributed by atoms with Crippen LogP contribution >= 0.6 is 0 Å². The molecule has 0 fully saturated rings. The van der Waals surface area contributed by atoms with Gasteiger partial charge in [-0.25, -0.2) is 0 Å². The van der Waals surface area contributed by atoms with Crippen LogP contribution in [0.4, 0.5) is 0 Å². The molecule has 0 atom stereocenters. The molecule has 2 aromatic carbocycles. The second kappa shape index (κ2) is 8.11. The highest BCUT2D eigenvalue weighted by Crippen LogP contribution is 2.20. The van der Waals surface area contributed by atoms with Crippen molar-refractivity contribution >= 4 is 16.7 Å². The number of carbonyl (C=O) groups excluding carboxylic acids is 1. The molecule has 0 saturated heterocycles. The van der Waals surface area contributed by atoms with E-state index in [0.29, 0.717) is 19.6 Å². The molecule has 0 radical (unpaired) electrons. The average molecular weight is 321 g/mol. The van der Waals surface area contributed by atoms with E-state index >= 15 is 0 Å². The molecule has 0 spiro atoms. The lowest BCUT2D eigenvalue weighted by atomic mass is 10.1. The third kappa shape index (κ3) is 4.56. The Bertz CT molecular complexity index is 802. The zero-order chi connectivity index (χ0) is 16.6. The maximum atomic E-state index is 11.7. The van der Waals surface area contributed by atoms with Crippen molar-refractivity contribution in [1.82, 2.24) is 4.98 Å². The summed E-state index contributed by atoms with van der Waals surface area (Å²) in [5, 5.41) is 2.29. The first-order valence-electron chi connectivity index (χ1n) is 7.97. The summed E-state index contributed by atoms with van der Waals surface area (Å²) in [7, 11) is 0. The number of carbonyl (C=O) groups is 1. The Labute approximate surface area is 141 Å². The fraction of sp³-hybridized carbons (Fsp3) is 0.200. The van der Waals surface area contributed by atoms with Gasteiger partial charge in [0.1, 0.15) is 5.75 Å². The van der Waals surface area contributed by atoms with Gasteiger partial charge in [-0.1, -0.05) is 36.4 Å². The van der Waals surface area contributed by atoms with E-state index < -0.39 is 0 Å². The Morgan fingerprint density at radius 1 is 0.958 bits per heavy atom. The van der Waals surface area contributed by atoms with Gasteiger partial charge in [-0.15, -0.1) is 0 Å². The number of rotatable bonds is 7. The van der Waals surface area contributed by atoms with E-state index in [0.717, 1.165) is 16.7 Å². The van der Waals surface area contributed by atoms with Crippen LogP contribution in [0, 0.1) is 0 Å². The molecule has 0 unspecified atom stereocenters. The van der Waals surface area contributed by atoms with Crippen molar-refractivity contribution in [2.24, 2.45) is 0 Å². The molecule has 122 valence electrons. The van der Waals surface area contributed by atoms with Gasteiger partial charge in [0.05, 0.1) is 19.6 Å². The predicted molar refractivity (Wildman–Crippen MR) is 93.0 cm³/mol. The topological polar surface area (TPSA) is 48.4 Å². The van der Waals surface area contributed by atoms with E-state index in [1.54, 1.807) is 12.4 Å². The minimum atomic E-state index is -0.250. The molecule has 4 nitrogen and oxygen atoms in total. The van der Waals surface area contributed by atoms with Crippen LogP contribution < -0.4 is 4.74 Å². The largest absolute Gasteiger partial charge is 0.493 e. The first-order chi connectivity index (χ1) is 11.8. The summed E-state index contributed by atoms with van der Waals surface area (Å²) in [5.41, 5.74) is 1.05. The fourth-order valence-electron chi connectivity index (χ4n) is 2.41. The second-order valence-corrected chi connectivity index (χ2v) is 5.44. The highest BCUT2D eigenvalue weighted by atomic mass is 16.5. The maximum Gasteiger partial charge on any atom is 0.309 e. The number of nitrogens with zero attached hydrogens (tertiary/aromatic N) is 1. The molecule has 1 aromatic heterocycles. The average Bonchev–Trinajstić information content (AvgIpc) is 2.62. The van der Waals surface area contributed by atoms with E-state index in [1.165, 1.54) is 5.39 Å². The van der Waals surface area contributed by atoms with E-state index in [9.17, 15) is 4.79 Å². The number of ether oxygens (including phenoxy) is 2. The molecule has 0 bridgehead atoms. The van der Waals surface area contributed by atoms with Crippen molar-refractivity contribution < 1.29 is 14.3 Å². The normalized spacial score (nSPS) is 10.5. The highest BCUT2D eigenvalue weighted by Gasteiger charge is 2.04. The Morgan fingerprint density at radius 2 is 1.83 bits per heavy atom. The number of hydrogen-bond acceptors (Lipinski definition) is 4. The molecule has 0 saturated carbocycles. The molecule has 0 aliphatic rings. The van der Waals surface area contributed by atoms with Crippen LogP contribution in [0.2, 0.25) is 0 Å². The van der Waals surface area contributed by atoms with Crippen molar-refractivity contribution in [1.29, 1.82) is 0 Å². The number of fused-ring (bicyclic) bond motifs is 1. The Balaban J connectivity index is 1.39. The number of aromatic nitrogens is 1. The SMILES string of the molecule is O=C(CCOc1ccc2ccccc2c1)OCCc1cccnc1. The Morgan fingerprint density at radius 3 is 2.67 bits per heavy atom. The molecular weight excluding hydrogens is 302 g/mol. The summed E-state index contributed by atoms with van der Waals surface area (Å²) in [5.74, 6) is 0.511. The van der Waals surface area contributed by atoms with Crippen LogP contribution in [0.1, 0.15) is 12.0 Å². The Kier molecular flexibility index (Phi) is 5.40. The van der Waals surface area contributed by atoms with Crippen molar-refractivity contribution in [3.63, 3.8) is 0 Å². The molecule has 0 N–H and O–H groups in total. The first-order valence-corrected chi connectivity index (χ1v) is 7.97. The molecule has 4 heteroatoms. The van der Waals surface area contributed by atoms with Crippen molar-refractivity contribution in [3.8, 4) is 5.75 Å². The third-order valence-electron chi connectivity index (χ3n) is 3.67. The first kappa shape index (κ1) is 16.0. The fourth-order valence-corrected chi connectivity index (χ4v) is 2.41. The smallest absolute Gasteiger partial charge is 0.309 e. The summed E-state index contributed by atoms with van der Waals surface area (Å²) >= 11 is 0. The van der Waals surface area contributed by atoms with E-state index in [4.69, 9.17) is 9.47 Å². The summed E-state index contributed by atoms with van der Waals surface area (Å²) in [4.78, 5) is 15.7. The monoisotopic (exact) mass is 321 g/mol. The summed E-state index contributed by atoms with van der Waals surface area (Å²) in [6.07, 6.45) is 4.40. The number of hydrogen-bond donors (Lipinski definition) is 0. The second-order valence-electron chi connectivity index (χ2n) is 5.44. The highest BCUT2D eigenvalue weighted by molar-refractivity contribution is 5.83. The zero-order valence-electron chi connectivity index (χ0n) is 13.4. The van der Waals surface area contributed by atoms with Gasteiger partial charge in [0, 0.05) is 18.8 Å². The lowest BCUT2D eigenvalue weighted by Gasteiger charge is -2.08. The molecular formula is C20H19NO3. The summed E-state index contributed by atoms with van der Waals surface area (Å²) < 4.78 is 10.8. The molecule has 3 aromatic rings. The van der Waals surface area contributed by atoms with E-state index in [2.05, 4.69) is 11.1 Å². The maximum absolute atomic E-state index is 11.7. The van der Waals surface area contributed by atoms with Crippen molar-refractivity contribution in [2.45, 2.75) is 12.8 Å². The molecule has 0 aliphatic carbocycles. The van der Waals surface area contributed by atoms with Gasteiger partial charge in [0.15, 0.2) is 0 Å². The molecule has 1 heterocycles. The number of pyridine rings is 1. The summed E-state index contributed by atoms with van der Waals surface area (Å²) in [6, 6.07) is 17.8. The van der Waals surface area contributed by atoms with E-state index in [1.807, 2.05) is 48.5 Å². The van der Waals surface area contributed by atoms with Crippen LogP contribution in [0.3, 0.4) is 0 Å².